The molecular weight excluding hydrogens is 611 g/mol. The molecule has 0 N–H and O–H groups in total. The van der Waals surface area contributed by atoms with Crippen molar-refractivity contribution in [3.8, 4) is 17.2 Å². The summed E-state index contributed by atoms with van der Waals surface area (Å²) in [5, 5.41) is 11.2. The molecule has 218 valence electrons. The van der Waals surface area contributed by atoms with Crippen LogP contribution >= 0.6 is 22.7 Å². The molecule has 11 rings (SSSR count). The second-order valence-corrected chi connectivity index (χ2v) is 14.2. The number of thiophene rings is 2. The molecule has 0 bridgehead atoms. The van der Waals surface area contributed by atoms with E-state index in [4.69, 9.17) is 9.97 Å². The average molecular weight is 634 g/mol. The Kier molecular flexibility index (Phi) is 5.14. The molecule has 11 aromatic rings. The van der Waals surface area contributed by atoms with Gasteiger partial charge in [0.2, 0.25) is 0 Å². The normalized spacial score (nSPS) is 12.3. The molecule has 0 amide bonds. The van der Waals surface area contributed by atoms with E-state index in [2.05, 4.69) is 144 Å². The van der Waals surface area contributed by atoms with Gasteiger partial charge in [0.25, 0.3) is 0 Å². The lowest BCUT2D eigenvalue weighted by Crippen LogP contribution is -2.02. The van der Waals surface area contributed by atoms with Crippen LogP contribution in [0, 0.1) is 0 Å². The number of hydrogen-bond donors (Lipinski definition) is 0. The number of hydrogen-bond acceptors (Lipinski definition) is 4. The van der Waals surface area contributed by atoms with Crippen LogP contribution < -0.4 is 0 Å². The van der Waals surface area contributed by atoms with Crippen LogP contribution in [0.2, 0.25) is 0 Å². The van der Waals surface area contributed by atoms with Gasteiger partial charge in [-0.3, -0.25) is 4.57 Å². The summed E-state index contributed by atoms with van der Waals surface area (Å²) in [6, 6.07) is 50.2. The summed E-state index contributed by atoms with van der Waals surface area (Å²) in [7, 11) is 0. The van der Waals surface area contributed by atoms with Crippen molar-refractivity contribution in [2.24, 2.45) is 0 Å². The zero-order chi connectivity index (χ0) is 30.6. The molecule has 5 heteroatoms. The van der Waals surface area contributed by atoms with E-state index in [1.165, 1.54) is 62.7 Å². The highest BCUT2D eigenvalue weighted by molar-refractivity contribution is 7.27. The van der Waals surface area contributed by atoms with E-state index < -0.39 is 0 Å². The zero-order valence-corrected chi connectivity index (χ0v) is 26.6. The number of rotatable bonds is 2. The van der Waals surface area contributed by atoms with Gasteiger partial charge >= 0.3 is 0 Å². The molecule has 47 heavy (non-hydrogen) atoms. The molecule has 4 aromatic heterocycles. The summed E-state index contributed by atoms with van der Waals surface area (Å²) < 4.78 is 7.37. The maximum atomic E-state index is 5.53. The minimum atomic E-state index is 0.736. The SMILES string of the molecule is c1ccc2cc(-c3nc(-n4c5ccccc5c5c6ccccc6c6sc7ccccc7c6c54)c4sc5ccccc5c4n3)ccc2c1. The van der Waals surface area contributed by atoms with Crippen LogP contribution in [-0.2, 0) is 0 Å². The van der Waals surface area contributed by atoms with Crippen molar-refractivity contribution in [3.63, 3.8) is 0 Å². The summed E-state index contributed by atoms with van der Waals surface area (Å²) in [6.45, 7) is 0. The molecule has 0 unspecified atom stereocenters. The third kappa shape index (κ3) is 3.50. The Balaban J connectivity index is 1.38. The predicted molar refractivity (Wildman–Crippen MR) is 203 cm³/mol. The van der Waals surface area contributed by atoms with E-state index in [-0.39, 0.29) is 0 Å². The molecule has 0 saturated heterocycles. The molecule has 3 nitrogen and oxygen atoms in total. The first-order valence-electron chi connectivity index (χ1n) is 15.8. The summed E-state index contributed by atoms with van der Waals surface area (Å²) in [5.41, 5.74) is 4.37. The highest BCUT2D eigenvalue weighted by Gasteiger charge is 2.25. The molecule has 0 atom stereocenters. The van der Waals surface area contributed by atoms with Gasteiger partial charge in [0.15, 0.2) is 11.6 Å². The van der Waals surface area contributed by atoms with Gasteiger partial charge in [-0.2, -0.15) is 0 Å². The van der Waals surface area contributed by atoms with Crippen molar-refractivity contribution in [1.29, 1.82) is 0 Å². The monoisotopic (exact) mass is 633 g/mol. The topological polar surface area (TPSA) is 30.7 Å². The molecule has 4 heterocycles. The van der Waals surface area contributed by atoms with Crippen LogP contribution in [0.3, 0.4) is 0 Å². The molecular formula is C42H23N3S2. The number of para-hydroxylation sites is 1. The first kappa shape index (κ1) is 25.6. The van der Waals surface area contributed by atoms with E-state index in [0.29, 0.717) is 0 Å². The maximum absolute atomic E-state index is 5.53. The van der Waals surface area contributed by atoms with Crippen molar-refractivity contribution < 1.29 is 0 Å². The zero-order valence-electron chi connectivity index (χ0n) is 24.9. The molecule has 0 radical (unpaired) electrons. The third-order valence-electron chi connectivity index (χ3n) is 9.57. The van der Waals surface area contributed by atoms with Gasteiger partial charge in [0, 0.05) is 52.0 Å². The van der Waals surface area contributed by atoms with Gasteiger partial charge in [0.05, 0.1) is 21.3 Å². The molecule has 0 fully saturated rings. The van der Waals surface area contributed by atoms with E-state index in [1.54, 1.807) is 11.3 Å². The minimum absolute atomic E-state index is 0.736. The fourth-order valence-corrected chi connectivity index (χ4v) is 9.89. The van der Waals surface area contributed by atoms with Crippen molar-refractivity contribution in [1.82, 2.24) is 14.5 Å². The Morgan fingerprint density at radius 2 is 1.11 bits per heavy atom. The van der Waals surface area contributed by atoms with E-state index in [1.807, 2.05) is 11.3 Å². The maximum Gasteiger partial charge on any atom is 0.162 e. The van der Waals surface area contributed by atoms with Crippen LogP contribution in [0.5, 0.6) is 0 Å². The fraction of sp³-hybridized carbons (Fsp3) is 0. The van der Waals surface area contributed by atoms with Crippen molar-refractivity contribution in [3.05, 3.63) is 140 Å². The standard InChI is InChI=1S/C42H23N3S2/c1-2-12-25-23-26(22-21-24(25)11-1)41-43-37-31-17-7-10-20-34(31)47-40(37)42(44-41)45-32-18-8-5-15-29(32)35-27-13-3-4-14-28(27)39-36(38(35)45)30-16-6-9-19-33(30)46-39/h1-23H. The number of fused-ring (bicyclic) bond motifs is 14. The van der Waals surface area contributed by atoms with E-state index >= 15 is 0 Å². The van der Waals surface area contributed by atoms with Gasteiger partial charge in [-0.05, 0) is 40.4 Å². The highest BCUT2D eigenvalue weighted by Crippen LogP contribution is 2.49. The van der Waals surface area contributed by atoms with Gasteiger partial charge in [-0.1, -0.05) is 115 Å². The van der Waals surface area contributed by atoms with Crippen LogP contribution in [0.1, 0.15) is 0 Å². The van der Waals surface area contributed by atoms with Crippen molar-refractivity contribution in [2.45, 2.75) is 0 Å². The van der Waals surface area contributed by atoms with Gasteiger partial charge in [-0.25, -0.2) is 9.97 Å². The lowest BCUT2D eigenvalue weighted by Gasteiger charge is -2.12. The number of benzene rings is 7. The molecule has 7 aromatic carbocycles. The Bertz CT molecular complexity index is 3090. The van der Waals surface area contributed by atoms with Crippen molar-refractivity contribution in [2.75, 3.05) is 0 Å². The average Bonchev–Trinajstić information content (AvgIpc) is 3.81. The lowest BCUT2D eigenvalue weighted by atomic mass is 10.00. The molecule has 0 aliphatic rings. The first-order valence-corrected chi connectivity index (χ1v) is 17.4. The molecule has 0 saturated carbocycles. The fourth-order valence-electron chi connectivity index (χ4n) is 7.52. The summed E-state index contributed by atoms with van der Waals surface area (Å²) in [6.07, 6.45) is 0. The molecule has 0 aliphatic heterocycles. The minimum Gasteiger partial charge on any atom is -0.292 e. The van der Waals surface area contributed by atoms with Crippen LogP contribution in [0.25, 0.3) is 101 Å². The molecule has 0 spiro atoms. The third-order valence-corrected chi connectivity index (χ3v) is 11.9. The quantitative estimate of drug-likeness (QED) is 0.190. The number of aromatic nitrogens is 3. The predicted octanol–water partition coefficient (Wildman–Crippen LogP) is 12.3. The Morgan fingerprint density at radius 1 is 0.468 bits per heavy atom. The highest BCUT2D eigenvalue weighted by atomic mass is 32.1. The summed E-state index contributed by atoms with van der Waals surface area (Å²) in [4.78, 5) is 10.8. The van der Waals surface area contributed by atoms with Crippen LogP contribution in [-0.4, -0.2) is 14.5 Å². The first-order chi connectivity index (χ1) is 23.3. The second kappa shape index (κ2) is 9.46. The molecule has 0 aliphatic carbocycles. The van der Waals surface area contributed by atoms with Gasteiger partial charge < -0.3 is 0 Å². The van der Waals surface area contributed by atoms with Crippen molar-refractivity contribution >= 4 is 106 Å². The van der Waals surface area contributed by atoms with E-state index in [0.717, 1.165) is 38.3 Å². The summed E-state index contributed by atoms with van der Waals surface area (Å²) >= 11 is 3.67. The van der Waals surface area contributed by atoms with E-state index in [9.17, 15) is 0 Å². The van der Waals surface area contributed by atoms with Crippen LogP contribution in [0.4, 0.5) is 0 Å². The Morgan fingerprint density at radius 3 is 1.96 bits per heavy atom. The Hall–Kier alpha value is -5.62. The summed E-state index contributed by atoms with van der Waals surface area (Å²) in [5.74, 6) is 1.66. The smallest absolute Gasteiger partial charge is 0.162 e. The Labute approximate surface area is 276 Å². The van der Waals surface area contributed by atoms with Gasteiger partial charge in [-0.15, -0.1) is 22.7 Å². The lowest BCUT2D eigenvalue weighted by molar-refractivity contribution is 1.09. The number of nitrogens with zero attached hydrogens (tertiary/aromatic N) is 3. The second-order valence-electron chi connectivity index (χ2n) is 12.1. The largest absolute Gasteiger partial charge is 0.292 e. The van der Waals surface area contributed by atoms with Gasteiger partial charge in [0.1, 0.15) is 0 Å². The van der Waals surface area contributed by atoms with Crippen LogP contribution in [0.15, 0.2) is 140 Å².